The van der Waals surface area contributed by atoms with Crippen molar-refractivity contribution in [1.29, 1.82) is 5.26 Å². The van der Waals surface area contributed by atoms with Gasteiger partial charge in [0.2, 0.25) is 0 Å². The van der Waals surface area contributed by atoms with Crippen LogP contribution in [0.15, 0.2) is 53.7 Å². The second-order valence-corrected chi connectivity index (χ2v) is 9.32. The van der Waals surface area contributed by atoms with Gasteiger partial charge in [-0.05, 0) is 61.3 Å². The maximum absolute atomic E-state index is 13.2. The summed E-state index contributed by atoms with van der Waals surface area (Å²) in [5, 5.41) is 16.9. The van der Waals surface area contributed by atoms with E-state index in [1.54, 1.807) is 4.68 Å². The van der Waals surface area contributed by atoms with Crippen molar-refractivity contribution in [2.45, 2.75) is 58.0 Å². The van der Waals surface area contributed by atoms with Crippen LogP contribution in [0.25, 0.3) is 11.1 Å². The van der Waals surface area contributed by atoms with Crippen molar-refractivity contribution in [1.82, 2.24) is 14.3 Å². The van der Waals surface area contributed by atoms with Crippen LogP contribution in [-0.4, -0.2) is 20.4 Å². The lowest BCUT2D eigenvalue weighted by molar-refractivity contribution is 0.411. The first-order valence-corrected chi connectivity index (χ1v) is 11.4. The third-order valence-corrected chi connectivity index (χ3v) is 6.28. The molecule has 3 aromatic rings. The zero-order chi connectivity index (χ0) is 22.7. The van der Waals surface area contributed by atoms with Gasteiger partial charge in [0, 0.05) is 43.2 Å². The number of anilines is 1. The Balaban J connectivity index is 1.51. The highest BCUT2D eigenvalue weighted by molar-refractivity contribution is 5.65. The summed E-state index contributed by atoms with van der Waals surface area (Å²) in [5.41, 5.74) is 4.75. The van der Waals surface area contributed by atoms with Crippen molar-refractivity contribution in [2.75, 3.05) is 5.32 Å². The highest BCUT2D eigenvalue weighted by Gasteiger charge is 2.23. The van der Waals surface area contributed by atoms with Gasteiger partial charge in [-0.25, -0.2) is 0 Å². The molecule has 0 saturated heterocycles. The number of nitrogens with one attached hydrogen (secondary N) is 1. The fourth-order valence-corrected chi connectivity index (χ4v) is 4.62. The maximum Gasteiger partial charge on any atom is 0.273 e. The predicted molar refractivity (Wildman–Crippen MR) is 128 cm³/mol. The van der Waals surface area contributed by atoms with Crippen LogP contribution in [-0.2, 0) is 13.6 Å². The molecule has 0 unspecified atom stereocenters. The number of pyridine rings is 1. The van der Waals surface area contributed by atoms with Crippen LogP contribution in [0.3, 0.4) is 0 Å². The first-order valence-electron chi connectivity index (χ1n) is 11.4. The molecule has 1 saturated carbocycles. The minimum absolute atomic E-state index is 0.0422. The molecule has 1 aliphatic carbocycles. The van der Waals surface area contributed by atoms with E-state index >= 15 is 0 Å². The highest BCUT2D eigenvalue weighted by Crippen LogP contribution is 2.34. The lowest BCUT2D eigenvalue weighted by Crippen LogP contribution is -2.31. The summed E-state index contributed by atoms with van der Waals surface area (Å²) in [7, 11) is 1.90. The van der Waals surface area contributed by atoms with Crippen molar-refractivity contribution in [3.05, 3.63) is 70.4 Å². The smallest absolute Gasteiger partial charge is 0.273 e. The Morgan fingerprint density at radius 2 is 1.84 bits per heavy atom. The summed E-state index contributed by atoms with van der Waals surface area (Å²) in [5.74, 6) is 0.896. The highest BCUT2D eigenvalue weighted by atomic mass is 16.1. The molecule has 32 heavy (non-hydrogen) atoms. The molecular formula is C26H31N5O. The molecule has 2 aromatic heterocycles. The third-order valence-electron chi connectivity index (χ3n) is 6.28. The van der Waals surface area contributed by atoms with Crippen molar-refractivity contribution in [3.8, 4) is 17.2 Å². The number of benzene rings is 1. The molecule has 2 heterocycles. The molecule has 0 aliphatic heterocycles. The van der Waals surface area contributed by atoms with Gasteiger partial charge in [-0.15, -0.1) is 0 Å². The van der Waals surface area contributed by atoms with Crippen molar-refractivity contribution < 1.29 is 0 Å². The van der Waals surface area contributed by atoms with Gasteiger partial charge in [0.05, 0.1) is 17.8 Å². The van der Waals surface area contributed by atoms with Crippen LogP contribution in [0.4, 0.5) is 5.69 Å². The Hall–Kier alpha value is -3.33. The second-order valence-electron chi connectivity index (χ2n) is 9.32. The molecule has 0 atom stereocenters. The second kappa shape index (κ2) is 9.44. The largest absolute Gasteiger partial charge is 0.378 e. The van der Waals surface area contributed by atoms with Gasteiger partial charge >= 0.3 is 0 Å². The van der Waals surface area contributed by atoms with Gasteiger partial charge in [0.1, 0.15) is 5.69 Å². The van der Waals surface area contributed by atoms with Gasteiger partial charge < -0.3 is 9.88 Å². The number of rotatable bonds is 6. The van der Waals surface area contributed by atoms with Crippen LogP contribution in [0.1, 0.15) is 56.6 Å². The Labute approximate surface area is 189 Å². The number of nitrogens with zero attached hydrogens (tertiary/aromatic N) is 4. The molecule has 0 amide bonds. The topological polar surface area (TPSA) is 75.6 Å². The number of aromatic nitrogens is 3. The summed E-state index contributed by atoms with van der Waals surface area (Å²) in [4.78, 5) is 13.2. The lowest BCUT2D eigenvalue weighted by Gasteiger charge is -2.30. The molecule has 0 spiro atoms. The van der Waals surface area contributed by atoms with Crippen LogP contribution >= 0.6 is 0 Å². The minimum Gasteiger partial charge on any atom is -0.378 e. The normalized spacial score (nSPS) is 18.5. The summed E-state index contributed by atoms with van der Waals surface area (Å²) in [6.45, 7) is 4.94. The molecule has 0 radical (unpaired) electrons. The monoisotopic (exact) mass is 429 g/mol. The van der Waals surface area contributed by atoms with E-state index in [-0.39, 0.29) is 11.6 Å². The number of hydrogen-bond donors (Lipinski definition) is 1. The SMILES string of the molecule is CC(C)Cn1cc(-c2cnn(C)c2)cc(NC2CCC(c3ccc(C#N)cc3)CC2)c1=O. The van der Waals surface area contributed by atoms with E-state index in [9.17, 15) is 4.79 Å². The molecule has 6 nitrogen and oxygen atoms in total. The Kier molecular flexibility index (Phi) is 6.45. The zero-order valence-electron chi connectivity index (χ0n) is 19.1. The summed E-state index contributed by atoms with van der Waals surface area (Å²) in [6, 6.07) is 12.4. The van der Waals surface area contributed by atoms with Crippen LogP contribution in [0.5, 0.6) is 0 Å². The average molecular weight is 430 g/mol. The number of aryl methyl sites for hydroxylation is 1. The van der Waals surface area contributed by atoms with Gasteiger partial charge in [-0.1, -0.05) is 26.0 Å². The third kappa shape index (κ3) is 4.94. The summed E-state index contributed by atoms with van der Waals surface area (Å²) >= 11 is 0. The number of nitriles is 1. The molecule has 1 aliphatic rings. The van der Waals surface area contributed by atoms with Crippen LogP contribution < -0.4 is 10.9 Å². The van der Waals surface area contributed by atoms with Gasteiger partial charge in [-0.3, -0.25) is 9.48 Å². The Morgan fingerprint density at radius 1 is 1.12 bits per heavy atom. The summed E-state index contributed by atoms with van der Waals surface area (Å²) in [6.07, 6.45) is 9.96. The van der Waals surface area contributed by atoms with E-state index in [4.69, 9.17) is 5.26 Å². The van der Waals surface area contributed by atoms with Gasteiger partial charge in [0.15, 0.2) is 0 Å². The molecule has 6 heteroatoms. The minimum atomic E-state index is 0.0422. The van der Waals surface area contributed by atoms with Gasteiger partial charge in [-0.2, -0.15) is 10.4 Å². The Bertz CT molecular complexity index is 1160. The van der Waals surface area contributed by atoms with E-state index in [0.717, 1.165) is 36.8 Å². The average Bonchev–Trinajstić information content (AvgIpc) is 3.23. The van der Waals surface area contributed by atoms with Crippen molar-refractivity contribution in [3.63, 3.8) is 0 Å². The first kappa shape index (κ1) is 21.9. The zero-order valence-corrected chi connectivity index (χ0v) is 19.1. The molecule has 166 valence electrons. The van der Waals surface area contributed by atoms with Crippen LogP contribution in [0.2, 0.25) is 0 Å². The molecule has 0 bridgehead atoms. The number of hydrogen-bond acceptors (Lipinski definition) is 4. The van der Waals surface area contributed by atoms with E-state index in [1.165, 1.54) is 5.56 Å². The lowest BCUT2D eigenvalue weighted by atomic mass is 9.81. The predicted octanol–water partition coefficient (Wildman–Crippen LogP) is 4.91. The fourth-order valence-electron chi connectivity index (χ4n) is 4.62. The van der Waals surface area contributed by atoms with Crippen molar-refractivity contribution >= 4 is 5.69 Å². The van der Waals surface area contributed by atoms with E-state index in [2.05, 4.69) is 42.5 Å². The maximum atomic E-state index is 13.2. The standard InChI is InChI=1S/C26H31N5O/c1-18(2)15-31-17-22(23-14-28-30(3)16-23)12-25(26(31)32)29-24-10-8-21(9-11-24)20-6-4-19(13-27)5-7-20/h4-7,12,14,16-18,21,24,29H,8-11,15H2,1-3H3. The molecule has 1 N–H and O–H groups in total. The van der Waals surface area contributed by atoms with E-state index < -0.39 is 0 Å². The van der Waals surface area contributed by atoms with Gasteiger partial charge in [0.25, 0.3) is 5.56 Å². The summed E-state index contributed by atoms with van der Waals surface area (Å²) < 4.78 is 3.61. The van der Waals surface area contributed by atoms with E-state index in [1.807, 2.05) is 48.4 Å². The van der Waals surface area contributed by atoms with Crippen LogP contribution in [0, 0.1) is 17.2 Å². The molecular weight excluding hydrogens is 398 g/mol. The van der Waals surface area contributed by atoms with Crippen molar-refractivity contribution in [2.24, 2.45) is 13.0 Å². The first-order chi connectivity index (χ1) is 15.4. The Morgan fingerprint density at radius 3 is 2.44 bits per heavy atom. The fraction of sp³-hybridized carbons (Fsp3) is 0.423. The van der Waals surface area contributed by atoms with E-state index in [0.29, 0.717) is 29.6 Å². The molecule has 1 fully saturated rings. The quantitative estimate of drug-likeness (QED) is 0.604. The molecule has 4 rings (SSSR count). The molecule has 1 aromatic carbocycles.